The molecule has 46 heavy (non-hydrogen) atoms. The van der Waals surface area contributed by atoms with Crippen molar-refractivity contribution in [3.63, 3.8) is 0 Å². The lowest BCUT2D eigenvalue weighted by atomic mass is 9.97. The highest BCUT2D eigenvalue weighted by atomic mass is 16.6. The van der Waals surface area contributed by atoms with Gasteiger partial charge in [0.2, 0.25) is 17.7 Å². The minimum Gasteiger partial charge on any atom is -0.458 e. The number of hydrogen-bond acceptors (Lipinski definition) is 7. The lowest BCUT2D eigenvalue weighted by molar-refractivity contribution is -0.159. The van der Waals surface area contributed by atoms with E-state index in [9.17, 15) is 24.0 Å². The van der Waals surface area contributed by atoms with Crippen LogP contribution >= 0.6 is 0 Å². The smallest absolute Gasteiger partial charge is 0.408 e. The number of amides is 4. The third kappa shape index (κ3) is 12.2. The van der Waals surface area contributed by atoms with E-state index in [2.05, 4.69) is 10.6 Å². The molecule has 0 radical (unpaired) electrons. The zero-order valence-electron chi connectivity index (χ0n) is 28.6. The fourth-order valence-corrected chi connectivity index (χ4v) is 4.73. The molecule has 2 rings (SSSR count). The normalized spacial score (nSPS) is 13.5. The number of rotatable bonds is 13. The van der Waals surface area contributed by atoms with E-state index in [1.807, 2.05) is 57.2 Å². The second-order valence-electron chi connectivity index (χ2n) is 13.4. The summed E-state index contributed by atoms with van der Waals surface area (Å²) in [6.45, 7) is 15.9. The van der Waals surface area contributed by atoms with Gasteiger partial charge in [-0.05, 0) is 84.1 Å². The van der Waals surface area contributed by atoms with Gasteiger partial charge in [-0.1, -0.05) is 55.5 Å². The van der Waals surface area contributed by atoms with Crippen molar-refractivity contribution in [2.24, 2.45) is 5.73 Å². The number of nitrogens with zero attached hydrogens (tertiary/aromatic N) is 1. The highest BCUT2D eigenvalue weighted by Crippen LogP contribution is 2.26. The molecule has 4 amide bonds. The molecule has 2 aromatic rings. The third-order valence-electron chi connectivity index (χ3n) is 6.84. The Labute approximate surface area is 272 Å². The van der Waals surface area contributed by atoms with Crippen LogP contribution in [0.5, 0.6) is 0 Å². The highest BCUT2D eigenvalue weighted by Gasteiger charge is 2.38. The topological polar surface area (TPSA) is 157 Å². The average molecular weight is 639 g/mol. The zero-order valence-corrected chi connectivity index (χ0v) is 28.6. The quantitative estimate of drug-likeness (QED) is 0.274. The summed E-state index contributed by atoms with van der Waals surface area (Å²) >= 11 is 0. The molecule has 0 saturated carbocycles. The second kappa shape index (κ2) is 16.2. The van der Waals surface area contributed by atoms with Crippen LogP contribution in [0.4, 0.5) is 4.79 Å². The van der Waals surface area contributed by atoms with Gasteiger partial charge in [-0.25, -0.2) is 9.59 Å². The molecular formula is C35H50N4O7. The Morgan fingerprint density at radius 1 is 0.826 bits per heavy atom. The predicted molar refractivity (Wildman–Crippen MR) is 176 cm³/mol. The van der Waals surface area contributed by atoms with E-state index < -0.39 is 65.5 Å². The molecule has 11 nitrogen and oxygen atoms in total. The largest absolute Gasteiger partial charge is 0.458 e. The molecule has 0 aliphatic heterocycles. The number of carbonyl (C=O) groups excluding carboxylic acids is 5. The molecule has 0 bridgehead atoms. The number of alkyl carbamates (subject to hydrolysis) is 1. The van der Waals surface area contributed by atoms with Gasteiger partial charge in [0, 0.05) is 13.0 Å². The van der Waals surface area contributed by atoms with Gasteiger partial charge >= 0.3 is 12.1 Å². The van der Waals surface area contributed by atoms with E-state index in [1.54, 1.807) is 53.7 Å². The molecule has 0 heterocycles. The average Bonchev–Trinajstić information content (AvgIpc) is 2.92. The monoisotopic (exact) mass is 638 g/mol. The minimum absolute atomic E-state index is 0.0882. The van der Waals surface area contributed by atoms with Crippen molar-refractivity contribution < 1.29 is 33.4 Å². The number of carbonyl (C=O) groups is 5. The fourth-order valence-electron chi connectivity index (χ4n) is 4.73. The number of aryl methyl sites for hydroxylation is 2. The molecule has 3 unspecified atom stereocenters. The molecule has 0 aliphatic carbocycles. The molecule has 252 valence electrons. The Bertz CT molecular complexity index is 1380. The molecule has 0 aromatic heterocycles. The number of nitrogens with two attached hydrogens (primary N) is 1. The van der Waals surface area contributed by atoms with E-state index in [4.69, 9.17) is 15.2 Å². The molecule has 0 saturated heterocycles. The van der Waals surface area contributed by atoms with Crippen LogP contribution in [0.2, 0.25) is 0 Å². The first-order chi connectivity index (χ1) is 21.3. The SMILES string of the molecule is CCCN(C(=O)C(CC(N)=O)NC(=O)OC(C)(C)C)C(C(=O)NC(Cc1ccccc1)C(=O)OC(C)(C)C)c1ccc(C)c(C)c1. The van der Waals surface area contributed by atoms with Gasteiger partial charge in [0.1, 0.15) is 29.3 Å². The van der Waals surface area contributed by atoms with Gasteiger partial charge in [0.25, 0.3) is 0 Å². The van der Waals surface area contributed by atoms with E-state index in [1.165, 1.54) is 4.90 Å². The summed E-state index contributed by atoms with van der Waals surface area (Å²) in [6, 6.07) is 10.9. The van der Waals surface area contributed by atoms with Crippen LogP contribution < -0.4 is 16.4 Å². The van der Waals surface area contributed by atoms with Gasteiger partial charge < -0.3 is 30.7 Å². The van der Waals surface area contributed by atoms with Crippen molar-refractivity contribution in [3.8, 4) is 0 Å². The minimum atomic E-state index is -1.41. The summed E-state index contributed by atoms with van der Waals surface area (Å²) in [5, 5.41) is 5.32. The fraction of sp³-hybridized carbons (Fsp3) is 0.514. The van der Waals surface area contributed by atoms with Crippen molar-refractivity contribution in [2.75, 3.05) is 6.54 Å². The third-order valence-corrected chi connectivity index (χ3v) is 6.84. The molecule has 3 atom stereocenters. The standard InChI is InChI=1S/C35H50N4O7/c1-10-18-39(31(42)26(21-28(36)40)38-33(44)46-35(7,8)9)29(25-17-16-22(2)23(3)19-25)30(41)37-27(32(43)45-34(4,5)6)20-24-14-12-11-13-15-24/h11-17,19,26-27,29H,10,18,20-21H2,1-9H3,(H2,36,40)(H,37,41)(H,38,44). The maximum absolute atomic E-state index is 14.4. The van der Waals surface area contributed by atoms with Crippen molar-refractivity contribution in [1.82, 2.24) is 15.5 Å². The van der Waals surface area contributed by atoms with Crippen LogP contribution in [0, 0.1) is 13.8 Å². The molecule has 2 aromatic carbocycles. The van der Waals surface area contributed by atoms with E-state index in [0.717, 1.165) is 16.7 Å². The van der Waals surface area contributed by atoms with Crippen LogP contribution in [-0.2, 0) is 35.1 Å². The molecule has 0 fully saturated rings. The maximum atomic E-state index is 14.4. The lowest BCUT2D eigenvalue weighted by Gasteiger charge is -2.35. The summed E-state index contributed by atoms with van der Waals surface area (Å²) in [7, 11) is 0. The van der Waals surface area contributed by atoms with Crippen molar-refractivity contribution in [1.29, 1.82) is 0 Å². The van der Waals surface area contributed by atoms with Gasteiger partial charge in [0.15, 0.2) is 0 Å². The van der Waals surface area contributed by atoms with Crippen molar-refractivity contribution in [2.45, 2.75) is 111 Å². The summed E-state index contributed by atoms with van der Waals surface area (Å²) in [5.74, 6) is -2.80. The molecular weight excluding hydrogens is 588 g/mol. The Hall–Kier alpha value is -4.41. The summed E-state index contributed by atoms with van der Waals surface area (Å²) in [6.07, 6.45) is -0.847. The molecule has 11 heteroatoms. The number of esters is 1. The maximum Gasteiger partial charge on any atom is 0.408 e. The Morgan fingerprint density at radius 3 is 1.96 bits per heavy atom. The first kappa shape index (κ1) is 37.8. The van der Waals surface area contributed by atoms with Crippen molar-refractivity contribution in [3.05, 3.63) is 70.8 Å². The van der Waals surface area contributed by atoms with Crippen LogP contribution in [0.25, 0.3) is 0 Å². The second-order valence-corrected chi connectivity index (χ2v) is 13.4. The Morgan fingerprint density at radius 2 is 1.43 bits per heavy atom. The zero-order chi connectivity index (χ0) is 34.8. The van der Waals surface area contributed by atoms with Crippen LogP contribution in [-0.4, -0.2) is 64.5 Å². The molecule has 0 spiro atoms. The van der Waals surface area contributed by atoms with Crippen LogP contribution in [0.3, 0.4) is 0 Å². The number of hydrogen-bond donors (Lipinski definition) is 3. The Balaban J connectivity index is 2.62. The number of benzene rings is 2. The first-order valence-electron chi connectivity index (χ1n) is 15.5. The summed E-state index contributed by atoms with van der Waals surface area (Å²) in [5.41, 5.74) is 6.94. The molecule has 4 N–H and O–H groups in total. The van der Waals surface area contributed by atoms with Crippen LogP contribution in [0.15, 0.2) is 48.5 Å². The number of ether oxygens (including phenoxy) is 2. The molecule has 0 aliphatic rings. The van der Waals surface area contributed by atoms with E-state index in [-0.39, 0.29) is 13.0 Å². The number of primary amides is 1. The predicted octanol–water partition coefficient (Wildman–Crippen LogP) is 4.42. The summed E-state index contributed by atoms with van der Waals surface area (Å²) in [4.78, 5) is 68.1. The highest BCUT2D eigenvalue weighted by molar-refractivity contribution is 5.95. The lowest BCUT2D eigenvalue weighted by Crippen LogP contribution is -2.55. The first-order valence-corrected chi connectivity index (χ1v) is 15.5. The van der Waals surface area contributed by atoms with E-state index in [0.29, 0.717) is 12.0 Å². The number of nitrogens with one attached hydrogen (secondary N) is 2. The van der Waals surface area contributed by atoms with Gasteiger partial charge in [-0.15, -0.1) is 0 Å². The van der Waals surface area contributed by atoms with Gasteiger partial charge in [-0.2, -0.15) is 0 Å². The van der Waals surface area contributed by atoms with Crippen molar-refractivity contribution >= 4 is 29.8 Å². The van der Waals surface area contributed by atoms with E-state index >= 15 is 0 Å². The van der Waals surface area contributed by atoms with Gasteiger partial charge in [0.05, 0.1) is 6.42 Å². The summed E-state index contributed by atoms with van der Waals surface area (Å²) < 4.78 is 11.0. The van der Waals surface area contributed by atoms with Crippen LogP contribution in [0.1, 0.15) is 89.6 Å². The Kier molecular flexibility index (Phi) is 13.3. The van der Waals surface area contributed by atoms with Gasteiger partial charge in [-0.3, -0.25) is 14.4 Å².